The minimum Gasteiger partial charge on any atom is -0.393 e. The van der Waals surface area contributed by atoms with E-state index in [1.54, 1.807) is 0 Å². The minimum atomic E-state index is -0.0785. The lowest BCUT2D eigenvalue weighted by atomic mass is 9.75. The molecule has 1 aromatic carbocycles. The van der Waals surface area contributed by atoms with Crippen molar-refractivity contribution in [3.8, 4) is 0 Å². The third-order valence-electron chi connectivity index (χ3n) is 5.52. The van der Waals surface area contributed by atoms with E-state index in [1.807, 2.05) is 0 Å². The Labute approximate surface area is 117 Å². The zero-order valence-corrected chi connectivity index (χ0v) is 12.0. The number of fused-ring (bicyclic) bond motifs is 1. The highest BCUT2D eigenvalue weighted by Gasteiger charge is 2.34. The average Bonchev–Trinajstić information content (AvgIpc) is 2.90. The highest BCUT2D eigenvalue weighted by molar-refractivity contribution is 5.32. The molecule has 0 amide bonds. The summed E-state index contributed by atoms with van der Waals surface area (Å²) in [5.41, 5.74) is 2.93. The maximum Gasteiger partial charge on any atom is 0.0602 e. The molecule has 0 saturated heterocycles. The van der Waals surface area contributed by atoms with Gasteiger partial charge in [-0.15, -0.1) is 0 Å². The topological polar surface area (TPSA) is 20.2 Å². The van der Waals surface area contributed by atoms with Gasteiger partial charge in [0.1, 0.15) is 0 Å². The zero-order chi connectivity index (χ0) is 13.2. The predicted octanol–water partition coefficient (Wildman–Crippen LogP) is 3.98. The largest absolute Gasteiger partial charge is 0.393 e. The SMILES string of the molecule is CCC1CCC(C(O)C2Cc3ccccc3C2)CC1. The van der Waals surface area contributed by atoms with E-state index in [9.17, 15) is 5.11 Å². The van der Waals surface area contributed by atoms with Crippen LogP contribution in [0.1, 0.15) is 50.2 Å². The van der Waals surface area contributed by atoms with Crippen molar-refractivity contribution in [1.82, 2.24) is 0 Å². The first-order valence-electron chi connectivity index (χ1n) is 8.02. The highest BCUT2D eigenvalue weighted by Crippen LogP contribution is 2.38. The van der Waals surface area contributed by atoms with Crippen LogP contribution in [0.4, 0.5) is 0 Å². The van der Waals surface area contributed by atoms with Crippen molar-refractivity contribution >= 4 is 0 Å². The van der Waals surface area contributed by atoms with Crippen molar-refractivity contribution in [1.29, 1.82) is 0 Å². The fourth-order valence-electron chi connectivity index (χ4n) is 4.16. The molecule has 19 heavy (non-hydrogen) atoms. The monoisotopic (exact) mass is 258 g/mol. The Kier molecular flexibility index (Phi) is 3.93. The van der Waals surface area contributed by atoms with Crippen LogP contribution in [0.3, 0.4) is 0 Å². The Balaban J connectivity index is 1.59. The van der Waals surface area contributed by atoms with Crippen molar-refractivity contribution in [2.45, 2.75) is 58.0 Å². The Morgan fingerprint density at radius 3 is 2.11 bits per heavy atom. The summed E-state index contributed by atoms with van der Waals surface area (Å²) >= 11 is 0. The number of hydrogen-bond acceptors (Lipinski definition) is 1. The summed E-state index contributed by atoms with van der Waals surface area (Å²) in [5, 5.41) is 10.7. The van der Waals surface area contributed by atoms with Gasteiger partial charge in [-0.25, -0.2) is 0 Å². The lowest BCUT2D eigenvalue weighted by molar-refractivity contribution is 0.0289. The Morgan fingerprint density at radius 2 is 1.58 bits per heavy atom. The van der Waals surface area contributed by atoms with Crippen LogP contribution in [-0.4, -0.2) is 11.2 Å². The van der Waals surface area contributed by atoms with E-state index in [0.29, 0.717) is 11.8 Å². The minimum absolute atomic E-state index is 0.0785. The summed E-state index contributed by atoms with van der Waals surface area (Å²) in [4.78, 5) is 0. The van der Waals surface area contributed by atoms with Gasteiger partial charge in [0.2, 0.25) is 0 Å². The smallest absolute Gasteiger partial charge is 0.0602 e. The van der Waals surface area contributed by atoms with E-state index in [2.05, 4.69) is 31.2 Å². The summed E-state index contributed by atoms with van der Waals surface area (Å²) in [7, 11) is 0. The van der Waals surface area contributed by atoms with Crippen LogP contribution in [0, 0.1) is 17.8 Å². The summed E-state index contributed by atoms with van der Waals surface area (Å²) in [5.74, 6) is 1.95. The second kappa shape index (κ2) is 5.66. The van der Waals surface area contributed by atoms with Crippen LogP contribution in [-0.2, 0) is 12.8 Å². The Bertz CT molecular complexity index is 392. The summed E-state index contributed by atoms with van der Waals surface area (Å²) < 4.78 is 0. The first kappa shape index (κ1) is 13.2. The maximum absolute atomic E-state index is 10.7. The number of aliphatic hydroxyl groups excluding tert-OH is 1. The predicted molar refractivity (Wildman–Crippen MR) is 79.1 cm³/mol. The standard InChI is InChI=1S/C18H26O/c1-2-13-7-9-14(10-8-13)18(19)17-11-15-5-3-4-6-16(15)12-17/h3-6,13-14,17-19H,2,7-12H2,1H3. The Hall–Kier alpha value is -0.820. The van der Waals surface area contributed by atoms with E-state index in [1.165, 1.54) is 43.2 Å². The lowest BCUT2D eigenvalue weighted by Crippen LogP contribution is -2.32. The number of rotatable bonds is 3. The van der Waals surface area contributed by atoms with E-state index >= 15 is 0 Å². The Morgan fingerprint density at radius 1 is 1.00 bits per heavy atom. The molecular weight excluding hydrogens is 232 g/mol. The van der Waals surface area contributed by atoms with Crippen LogP contribution in [0.15, 0.2) is 24.3 Å². The molecule has 1 nitrogen and oxygen atoms in total. The molecule has 0 bridgehead atoms. The fraction of sp³-hybridized carbons (Fsp3) is 0.667. The molecule has 1 heteroatoms. The first-order valence-corrected chi connectivity index (χ1v) is 8.02. The molecule has 1 N–H and O–H groups in total. The number of hydrogen-bond donors (Lipinski definition) is 1. The summed E-state index contributed by atoms with van der Waals surface area (Å²) in [6.07, 6.45) is 8.56. The normalized spacial score (nSPS) is 29.2. The zero-order valence-electron chi connectivity index (χ0n) is 12.0. The van der Waals surface area contributed by atoms with Crippen LogP contribution >= 0.6 is 0 Å². The molecule has 2 aliphatic rings. The molecule has 0 aliphatic heterocycles. The van der Waals surface area contributed by atoms with E-state index in [-0.39, 0.29) is 6.10 Å². The van der Waals surface area contributed by atoms with Gasteiger partial charge in [0.25, 0.3) is 0 Å². The van der Waals surface area contributed by atoms with Crippen LogP contribution in [0.2, 0.25) is 0 Å². The van der Waals surface area contributed by atoms with E-state index in [4.69, 9.17) is 0 Å². The van der Waals surface area contributed by atoms with Crippen molar-refractivity contribution in [3.63, 3.8) is 0 Å². The molecule has 0 spiro atoms. The molecule has 1 fully saturated rings. The molecule has 0 aromatic heterocycles. The molecule has 3 rings (SSSR count). The summed E-state index contributed by atoms with van der Waals surface area (Å²) in [6, 6.07) is 8.71. The van der Waals surface area contributed by atoms with E-state index in [0.717, 1.165) is 18.8 Å². The van der Waals surface area contributed by atoms with E-state index < -0.39 is 0 Å². The van der Waals surface area contributed by atoms with Crippen molar-refractivity contribution < 1.29 is 5.11 Å². The van der Waals surface area contributed by atoms with Gasteiger partial charge in [-0.3, -0.25) is 0 Å². The first-order chi connectivity index (χ1) is 9.28. The third-order valence-corrected chi connectivity index (χ3v) is 5.52. The molecule has 1 unspecified atom stereocenters. The van der Waals surface area contributed by atoms with Crippen LogP contribution in [0.5, 0.6) is 0 Å². The lowest BCUT2D eigenvalue weighted by Gasteiger charge is -2.33. The molecule has 1 atom stereocenters. The molecule has 0 radical (unpaired) electrons. The van der Waals surface area contributed by atoms with Gasteiger partial charge in [-0.1, -0.05) is 50.5 Å². The average molecular weight is 258 g/mol. The quantitative estimate of drug-likeness (QED) is 0.869. The summed E-state index contributed by atoms with van der Waals surface area (Å²) in [6.45, 7) is 2.30. The maximum atomic E-state index is 10.7. The third kappa shape index (κ3) is 2.72. The van der Waals surface area contributed by atoms with Gasteiger partial charge < -0.3 is 5.11 Å². The molecule has 0 heterocycles. The molecule has 1 aromatic rings. The van der Waals surface area contributed by atoms with Crippen molar-refractivity contribution in [2.75, 3.05) is 0 Å². The number of benzene rings is 1. The van der Waals surface area contributed by atoms with Crippen molar-refractivity contribution in [2.24, 2.45) is 17.8 Å². The van der Waals surface area contributed by atoms with Gasteiger partial charge in [-0.05, 0) is 54.6 Å². The van der Waals surface area contributed by atoms with Gasteiger partial charge in [0.15, 0.2) is 0 Å². The fourth-order valence-corrected chi connectivity index (χ4v) is 4.16. The van der Waals surface area contributed by atoms with Crippen LogP contribution < -0.4 is 0 Å². The number of aliphatic hydroxyl groups is 1. The highest BCUT2D eigenvalue weighted by atomic mass is 16.3. The van der Waals surface area contributed by atoms with Gasteiger partial charge in [0, 0.05) is 0 Å². The van der Waals surface area contributed by atoms with Gasteiger partial charge in [-0.2, -0.15) is 0 Å². The molecule has 1 saturated carbocycles. The second-order valence-electron chi connectivity index (χ2n) is 6.62. The molecular formula is C18H26O. The van der Waals surface area contributed by atoms with Crippen molar-refractivity contribution in [3.05, 3.63) is 35.4 Å². The van der Waals surface area contributed by atoms with Gasteiger partial charge in [0.05, 0.1) is 6.10 Å². The second-order valence-corrected chi connectivity index (χ2v) is 6.62. The molecule has 104 valence electrons. The molecule has 2 aliphatic carbocycles. The van der Waals surface area contributed by atoms with Crippen LogP contribution in [0.25, 0.3) is 0 Å². The van der Waals surface area contributed by atoms with Gasteiger partial charge >= 0.3 is 0 Å².